The Hall–Kier alpha value is -1.31. The maximum atomic E-state index is 13.3. The van der Waals surface area contributed by atoms with Crippen LogP contribution in [0.5, 0.6) is 0 Å². The molecule has 2 bridgehead atoms. The van der Waals surface area contributed by atoms with E-state index in [2.05, 4.69) is 10.3 Å². The quantitative estimate of drug-likeness (QED) is 0.815. The van der Waals surface area contributed by atoms with Crippen LogP contribution < -0.4 is 11.1 Å². The van der Waals surface area contributed by atoms with E-state index in [0.717, 1.165) is 49.2 Å². The molecule has 1 aromatic heterocycles. The van der Waals surface area contributed by atoms with E-state index in [-0.39, 0.29) is 30.3 Å². The topological polar surface area (TPSA) is 68.0 Å². The number of rotatable bonds is 2. The predicted molar refractivity (Wildman–Crippen MR) is 96.9 cm³/mol. The lowest BCUT2D eigenvalue weighted by Crippen LogP contribution is -2.48. The fourth-order valence-electron chi connectivity index (χ4n) is 4.19. The van der Waals surface area contributed by atoms with Gasteiger partial charge in [0.15, 0.2) is 16.8 Å². The lowest BCUT2D eigenvalue weighted by molar-refractivity contribution is -0.122. The first-order valence-electron chi connectivity index (χ1n) is 8.33. The molecule has 2 aromatic rings. The fourth-order valence-corrected chi connectivity index (χ4v) is 5.06. The number of hydrogen-bond donors (Lipinski definition) is 2. The van der Waals surface area contributed by atoms with Crippen LogP contribution in [0, 0.1) is 29.4 Å². The third-order valence-electron chi connectivity index (χ3n) is 5.44. The van der Waals surface area contributed by atoms with Crippen molar-refractivity contribution in [3.8, 4) is 0 Å². The van der Waals surface area contributed by atoms with Crippen LogP contribution in [-0.2, 0) is 4.79 Å². The monoisotopic (exact) mass is 387 g/mol. The molecule has 25 heavy (non-hydrogen) atoms. The minimum absolute atomic E-state index is 0. The molecular formula is C17H20ClF2N3OS. The van der Waals surface area contributed by atoms with Crippen molar-refractivity contribution in [3.63, 3.8) is 0 Å². The van der Waals surface area contributed by atoms with Gasteiger partial charge in [-0.05, 0) is 43.6 Å². The molecule has 2 atom stereocenters. The molecule has 0 aliphatic heterocycles. The SMILES string of the molecule is Cl.NC1C2CCCC1CC(C(=O)Nc1nc3cc(F)c(F)cc3s1)C2. The molecule has 2 aliphatic carbocycles. The van der Waals surface area contributed by atoms with Gasteiger partial charge in [0.1, 0.15) is 0 Å². The van der Waals surface area contributed by atoms with E-state index in [4.69, 9.17) is 5.73 Å². The van der Waals surface area contributed by atoms with Crippen LogP contribution >= 0.6 is 23.7 Å². The summed E-state index contributed by atoms with van der Waals surface area (Å²) in [6.07, 6.45) is 5.03. The van der Waals surface area contributed by atoms with Crippen molar-refractivity contribution in [2.24, 2.45) is 23.5 Å². The van der Waals surface area contributed by atoms with Gasteiger partial charge < -0.3 is 11.1 Å². The molecule has 1 heterocycles. The molecule has 3 N–H and O–H groups in total. The Morgan fingerprint density at radius 2 is 1.84 bits per heavy atom. The average Bonchev–Trinajstić information content (AvgIpc) is 2.88. The van der Waals surface area contributed by atoms with Crippen LogP contribution in [0.2, 0.25) is 0 Å². The molecule has 0 radical (unpaired) electrons. The van der Waals surface area contributed by atoms with Crippen molar-refractivity contribution in [3.05, 3.63) is 23.8 Å². The minimum Gasteiger partial charge on any atom is -0.327 e. The van der Waals surface area contributed by atoms with Gasteiger partial charge in [0, 0.05) is 18.0 Å². The molecule has 0 saturated heterocycles. The van der Waals surface area contributed by atoms with Crippen molar-refractivity contribution in [1.29, 1.82) is 0 Å². The van der Waals surface area contributed by atoms with Crippen LogP contribution in [0.4, 0.5) is 13.9 Å². The number of carbonyl (C=O) groups is 1. The van der Waals surface area contributed by atoms with Crippen molar-refractivity contribution < 1.29 is 13.6 Å². The molecule has 136 valence electrons. The van der Waals surface area contributed by atoms with Crippen LogP contribution in [0.25, 0.3) is 10.2 Å². The van der Waals surface area contributed by atoms with E-state index in [1.165, 1.54) is 6.42 Å². The highest BCUT2D eigenvalue weighted by atomic mass is 35.5. The highest BCUT2D eigenvalue weighted by Crippen LogP contribution is 2.42. The van der Waals surface area contributed by atoms with E-state index >= 15 is 0 Å². The number of anilines is 1. The Morgan fingerprint density at radius 3 is 2.52 bits per heavy atom. The molecule has 4 rings (SSSR count). The van der Waals surface area contributed by atoms with Gasteiger partial charge in [0.05, 0.1) is 10.2 Å². The number of nitrogens with zero attached hydrogens (tertiary/aromatic N) is 1. The van der Waals surface area contributed by atoms with Gasteiger partial charge in [-0.2, -0.15) is 0 Å². The molecule has 2 saturated carbocycles. The van der Waals surface area contributed by atoms with Gasteiger partial charge in [-0.15, -0.1) is 12.4 Å². The average molecular weight is 388 g/mol. The van der Waals surface area contributed by atoms with Gasteiger partial charge in [-0.25, -0.2) is 13.8 Å². The van der Waals surface area contributed by atoms with E-state index < -0.39 is 11.6 Å². The molecule has 2 unspecified atom stereocenters. The highest BCUT2D eigenvalue weighted by Gasteiger charge is 2.40. The second-order valence-electron chi connectivity index (χ2n) is 6.94. The second kappa shape index (κ2) is 7.13. The van der Waals surface area contributed by atoms with Crippen molar-refractivity contribution in [2.75, 3.05) is 5.32 Å². The van der Waals surface area contributed by atoms with Crippen molar-refractivity contribution in [2.45, 2.75) is 38.1 Å². The first-order valence-corrected chi connectivity index (χ1v) is 9.15. The zero-order chi connectivity index (χ0) is 16.8. The fraction of sp³-hybridized carbons (Fsp3) is 0.529. The summed E-state index contributed by atoms with van der Waals surface area (Å²) in [4.78, 5) is 16.8. The molecule has 4 nitrogen and oxygen atoms in total. The van der Waals surface area contributed by atoms with Crippen LogP contribution in [0.15, 0.2) is 12.1 Å². The predicted octanol–water partition coefficient (Wildman–Crippen LogP) is 4.09. The highest BCUT2D eigenvalue weighted by molar-refractivity contribution is 7.22. The zero-order valence-electron chi connectivity index (χ0n) is 13.5. The Bertz CT molecular complexity index is 747. The number of hydrogen-bond acceptors (Lipinski definition) is 4. The third-order valence-corrected chi connectivity index (χ3v) is 6.38. The van der Waals surface area contributed by atoms with Gasteiger partial charge in [-0.3, -0.25) is 4.79 Å². The second-order valence-corrected chi connectivity index (χ2v) is 7.97. The van der Waals surface area contributed by atoms with Gasteiger partial charge >= 0.3 is 0 Å². The number of fused-ring (bicyclic) bond motifs is 3. The first-order chi connectivity index (χ1) is 11.5. The molecule has 1 aromatic carbocycles. The Kier molecular flexibility index (Phi) is 5.27. The van der Waals surface area contributed by atoms with Crippen LogP contribution in [-0.4, -0.2) is 16.9 Å². The molecule has 2 fully saturated rings. The number of halogens is 3. The molecule has 1 amide bonds. The molecule has 8 heteroatoms. The summed E-state index contributed by atoms with van der Waals surface area (Å²) in [5.74, 6) is -1.10. The summed E-state index contributed by atoms with van der Waals surface area (Å²) in [5, 5.41) is 3.22. The smallest absolute Gasteiger partial charge is 0.229 e. The lowest BCUT2D eigenvalue weighted by atomic mass is 9.65. The van der Waals surface area contributed by atoms with Crippen LogP contribution in [0.3, 0.4) is 0 Å². The summed E-state index contributed by atoms with van der Waals surface area (Å²) in [5.41, 5.74) is 6.62. The number of aromatic nitrogens is 1. The Labute approximate surface area is 154 Å². The maximum Gasteiger partial charge on any atom is 0.229 e. The van der Waals surface area contributed by atoms with E-state index in [1.807, 2.05) is 0 Å². The standard InChI is InChI=1S/C17H19F2N3OS.ClH/c18-11-6-13-14(7-12(11)19)24-17(21-13)22-16(23)10-4-8-2-1-3-9(5-10)15(8)20;/h6-10,15H,1-5,20H2,(H,21,22,23);1H. The zero-order valence-corrected chi connectivity index (χ0v) is 15.1. The van der Waals surface area contributed by atoms with Gasteiger partial charge in [0.2, 0.25) is 5.91 Å². The van der Waals surface area contributed by atoms with Gasteiger partial charge in [0.25, 0.3) is 0 Å². The summed E-state index contributed by atoms with van der Waals surface area (Å²) < 4.78 is 27.1. The van der Waals surface area contributed by atoms with Crippen LogP contribution in [0.1, 0.15) is 32.1 Å². The van der Waals surface area contributed by atoms with Crippen molar-refractivity contribution in [1.82, 2.24) is 4.98 Å². The third kappa shape index (κ3) is 3.50. The number of nitrogens with two attached hydrogens (primary N) is 1. The number of carbonyl (C=O) groups excluding carboxylic acids is 1. The number of benzene rings is 1. The van der Waals surface area contributed by atoms with Crippen molar-refractivity contribution >= 4 is 45.0 Å². The summed E-state index contributed by atoms with van der Waals surface area (Å²) in [7, 11) is 0. The maximum absolute atomic E-state index is 13.3. The van der Waals surface area contributed by atoms with E-state index in [9.17, 15) is 13.6 Å². The number of nitrogens with one attached hydrogen (secondary N) is 1. The van der Waals surface area contributed by atoms with E-state index in [0.29, 0.717) is 27.2 Å². The number of amides is 1. The minimum atomic E-state index is -0.931. The van der Waals surface area contributed by atoms with E-state index in [1.54, 1.807) is 0 Å². The summed E-state index contributed by atoms with van der Waals surface area (Å²) in [6, 6.07) is 2.39. The lowest BCUT2D eigenvalue weighted by Gasteiger charge is -2.43. The van der Waals surface area contributed by atoms with Gasteiger partial charge in [-0.1, -0.05) is 17.8 Å². The molecular weight excluding hydrogens is 368 g/mol. The Balaban J connectivity index is 0.00000182. The normalized spacial score (nSPS) is 28.4. The molecule has 0 spiro atoms. The summed E-state index contributed by atoms with van der Waals surface area (Å²) >= 11 is 1.16. The Morgan fingerprint density at radius 1 is 1.20 bits per heavy atom. The first kappa shape index (κ1) is 18.5. The summed E-state index contributed by atoms with van der Waals surface area (Å²) in [6.45, 7) is 0. The largest absolute Gasteiger partial charge is 0.327 e. The number of thiazole rings is 1. The molecule has 2 aliphatic rings.